The molecule has 0 aliphatic rings. The lowest BCUT2D eigenvalue weighted by Gasteiger charge is -2.04. The van der Waals surface area contributed by atoms with Gasteiger partial charge in [-0.2, -0.15) is 0 Å². The van der Waals surface area contributed by atoms with Gasteiger partial charge >= 0.3 is 0 Å². The summed E-state index contributed by atoms with van der Waals surface area (Å²) in [6.45, 7) is 0.00745. The van der Waals surface area contributed by atoms with Gasteiger partial charge in [-0.1, -0.05) is 0 Å². The van der Waals surface area contributed by atoms with E-state index in [1.807, 2.05) is 5.48 Å². The van der Waals surface area contributed by atoms with Crippen LogP contribution in [0.15, 0.2) is 18.2 Å². The van der Waals surface area contributed by atoms with Crippen molar-refractivity contribution >= 4 is 5.69 Å². The van der Waals surface area contributed by atoms with Crippen molar-refractivity contribution in [2.45, 2.75) is 6.54 Å². The summed E-state index contributed by atoms with van der Waals surface area (Å²) in [6, 6.07) is 4.34. The Morgan fingerprint density at radius 1 is 1.64 bits per heavy atom. The van der Waals surface area contributed by atoms with E-state index in [2.05, 4.69) is 0 Å². The van der Waals surface area contributed by atoms with Gasteiger partial charge in [0, 0.05) is 11.6 Å². The second-order valence-electron chi connectivity index (χ2n) is 2.59. The first-order valence-electron chi connectivity index (χ1n) is 3.87. The van der Waals surface area contributed by atoms with Gasteiger partial charge in [0.25, 0.3) is 5.69 Å². The zero-order chi connectivity index (χ0) is 10.6. The van der Waals surface area contributed by atoms with Crippen LogP contribution in [0.2, 0.25) is 0 Å². The molecule has 0 aromatic heterocycles. The molecule has 14 heavy (non-hydrogen) atoms. The van der Waals surface area contributed by atoms with Gasteiger partial charge < -0.3 is 9.94 Å². The number of hydrogen-bond acceptors (Lipinski definition) is 5. The van der Waals surface area contributed by atoms with Crippen molar-refractivity contribution in [3.05, 3.63) is 33.9 Å². The van der Waals surface area contributed by atoms with Crippen molar-refractivity contribution in [1.82, 2.24) is 5.48 Å². The molecule has 6 nitrogen and oxygen atoms in total. The average molecular weight is 198 g/mol. The fourth-order valence-corrected chi connectivity index (χ4v) is 1.09. The molecule has 0 atom stereocenters. The highest BCUT2D eigenvalue weighted by molar-refractivity contribution is 5.45. The Hall–Kier alpha value is -1.66. The van der Waals surface area contributed by atoms with E-state index in [9.17, 15) is 10.1 Å². The van der Waals surface area contributed by atoms with Crippen molar-refractivity contribution in [1.29, 1.82) is 0 Å². The van der Waals surface area contributed by atoms with Crippen LogP contribution in [0.1, 0.15) is 5.56 Å². The van der Waals surface area contributed by atoms with Crippen LogP contribution in [0.25, 0.3) is 0 Å². The summed E-state index contributed by atoms with van der Waals surface area (Å²) in [7, 11) is 1.47. The number of hydroxylamine groups is 1. The first kappa shape index (κ1) is 10.4. The molecule has 0 aliphatic heterocycles. The summed E-state index contributed by atoms with van der Waals surface area (Å²) in [5.74, 6) is 0.515. The van der Waals surface area contributed by atoms with Gasteiger partial charge in [-0.15, -0.1) is 0 Å². The van der Waals surface area contributed by atoms with Crippen LogP contribution in [-0.2, 0) is 6.54 Å². The highest BCUT2D eigenvalue weighted by Gasteiger charge is 2.13. The second kappa shape index (κ2) is 4.54. The number of nitro groups is 1. The zero-order valence-corrected chi connectivity index (χ0v) is 7.56. The predicted octanol–water partition coefficient (Wildman–Crippen LogP) is 1.08. The Balaban J connectivity index is 3.10. The molecule has 0 fully saturated rings. The molecule has 6 heteroatoms. The molecule has 0 unspecified atom stereocenters. The number of rotatable bonds is 4. The first-order chi connectivity index (χ1) is 6.69. The molecule has 0 radical (unpaired) electrons. The third-order valence-corrected chi connectivity index (χ3v) is 1.75. The summed E-state index contributed by atoms with van der Waals surface area (Å²) >= 11 is 0. The number of nitrogens with one attached hydrogen (secondary N) is 1. The van der Waals surface area contributed by atoms with Gasteiger partial charge in [0.2, 0.25) is 0 Å². The van der Waals surface area contributed by atoms with E-state index in [4.69, 9.17) is 9.94 Å². The number of nitro benzene ring substituents is 1. The lowest BCUT2D eigenvalue weighted by molar-refractivity contribution is -0.385. The van der Waals surface area contributed by atoms with Crippen LogP contribution in [0.3, 0.4) is 0 Å². The van der Waals surface area contributed by atoms with Gasteiger partial charge in [-0.3, -0.25) is 10.1 Å². The van der Waals surface area contributed by atoms with Crippen molar-refractivity contribution in [2.24, 2.45) is 0 Å². The van der Waals surface area contributed by atoms with Crippen molar-refractivity contribution in [3.8, 4) is 5.75 Å². The lowest BCUT2D eigenvalue weighted by Crippen LogP contribution is -2.08. The summed E-state index contributed by atoms with van der Waals surface area (Å²) in [6.07, 6.45) is 0. The standard InChI is InChI=1S/C8H10N2O4/c1-14-7-2-3-8(10(12)13)6(4-7)5-9-11/h2-4,9,11H,5H2,1H3. The molecule has 1 rings (SSSR count). The Kier molecular flexibility index (Phi) is 3.38. The largest absolute Gasteiger partial charge is 0.497 e. The van der Waals surface area contributed by atoms with Crippen LogP contribution in [-0.4, -0.2) is 17.2 Å². The zero-order valence-electron chi connectivity index (χ0n) is 7.56. The van der Waals surface area contributed by atoms with Gasteiger partial charge in [0.15, 0.2) is 0 Å². The minimum Gasteiger partial charge on any atom is -0.497 e. The average Bonchev–Trinajstić information content (AvgIpc) is 2.17. The molecule has 76 valence electrons. The van der Waals surface area contributed by atoms with Gasteiger partial charge in [-0.25, -0.2) is 5.48 Å². The maximum atomic E-state index is 10.6. The highest BCUT2D eigenvalue weighted by atomic mass is 16.6. The molecular formula is C8H10N2O4. The number of nitrogens with zero attached hydrogens (tertiary/aromatic N) is 1. The number of methoxy groups -OCH3 is 1. The maximum Gasteiger partial charge on any atom is 0.274 e. The van der Waals surface area contributed by atoms with Crippen molar-refractivity contribution in [3.63, 3.8) is 0 Å². The molecule has 0 spiro atoms. The Bertz CT molecular complexity index is 340. The summed E-state index contributed by atoms with van der Waals surface area (Å²) in [4.78, 5) is 10.0. The topological polar surface area (TPSA) is 84.6 Å². The van der Waals surface area contributed by atoms with Gasteiger partial charge in [0.05, 0.1) is 18.6 Å². The highest BCUT2D eigenvalue weighted by Crippen LogP contribution is 2.23. The SMILES string of the molecule is COc1ccc([N+](=O)[O-])c(CNO)c1. The van der Waals surface area contributed by atoms with E-state index in [0.717, 1.165) is 0 Å². The summed E-state index contributed by atoms with van der Waals surface area (Å²) < 4.78 is 4.90. The molecule has 1 aromatic carbocycles. The molecule has 0 heterocycles. The molecule has 2 N–H and O–H groups in total. The Labute approximate surface area is 80.2 Å². The van der Waals surface area contributed by atoms with E-state index in [1.54, 1.807) is 0 Å². The summed E-state index contributed by atoms with van der Waals surface area (Å²) in [5, 5.41) is 19.0. The van der Waals surface area contributed by atoms with Crippen LogP contribution >= 0.6 is 0 Å². The van der Waals surface area contributed by atoms with E-state index in [1.165, 1.54) is 25.3 Å². The monoisotopic (exact) mass is 198 g/mol. The molecule has 0 saturated heterocycles. The van der Waals surface area contributed by atoms with Crippen LogP contribution in [0.5, 0.6) is 5.75 Å². The second-order valence-corrected chi connectivity index (χ2v) is 2.59. The minimum absolute atomic E-state index is 0.00745. The molecular weight excluding hydrogens is 188 g/mol. The first-order valence-corrected chi connectivity index (χ1v) is 3.87. The smallest absolute Gasteiger partial charge is 0.274 e. The maximum absolute atomic E-state index is 10.6. The van der Waals surface area contributed by atoms with E-state index in [0.29, 0.717) is 11.3 Å². The van der Waals surface area contributed by atoms with Crippen molar-refractivity contribution < 1.29 is 14.9 Å². The predicted molar refractivity (Wildman–Crippen MR) is 48.3 cm³/mol. The fraction of sp³-hybridized carbons (Fsp3) is 0.250. The minimum atomic E-state index is -0.508. The van der Waals surface area contributed by atoms with E-state index < -0.39 is 4.92 Å². The van der Waals surface area contributed by atoms with Gasteiger partial charge in [0.1, 0.15) is 5.75 Å². The third kappa shape index (κ3) is 2.18. The molecule has 0 aliphatic carbocycles. The molecule has 0 bridgehead atoms. The molecule has 0 amide bonds. The molecule has 0 saturated carbocycles. The number of hydrogen-bond donors (Lipinski definition) is 2. The van der Waals surface area contributed by atoms with Crippen LogP contribution in [0, 0.1) is 10.1 Å². The quantitative estimate of drug-likeness (QED) is 0.558. The van der Waals surface area contributed by atoms with Crippen LogP contribution < -0.4 is 10.2 Å². The van der Waals surface area contributed by atoms with Crippen LogP contribution in [0.4, 0.5) is 5.69 Å². The van der Waals surface area contributed by atoms with Crippen molar-refractivity contribution in [2.75, 3.05) is 7.11 Å². The molecule has 1 aromatic rings. The van der Waals surface area contributed by atoms with Gasteiger partial charge in [-0.05, 0) is 12.1 Å². The normalized spacial score (nSPS) is 9.86. The third-order valence-electron chi connectivity index (χ3n) is 1.75. The lowest BCUT2D eigenvalue weighted by atomic mass is 10.1. The van der Waals surface area contributed by atoms with E-state index in [-0.39, 0.29) is 12.2 Å². The number of ether oxygens (including phenoxy) is 1. The Morgan fingerprint density at radius 2 is 2.36 bits per heavy atom. The fourth-order valence-electron chi connectivity index (χ4n) is 1.09. The van der Waals surface area contributed by atoms with E-state index >= 15 is 0 Å². The Morgan fingerprint density at radius 3 is 2.86 bits per heavy atom. The number of benzene rings is 1. The summed E-state index contributed by atoms with van der Waals surface area (Å²) in [5.41, 5.74) is 2.19.